The van der Waals surface area contributed by atoms with E-state index in [2.05, 4.69) is 37.4 Å². The van der Waals surface area contributed by atoms with Crippen LogP contribution in [0.3, 0.4) is 0 Å². The van der Waals surface area contributed by atoms with Crippen molar-refractivity contribution in [3.8, 4) is 5.75 Å². The third-order valence-corrected chi connectivity index (χ3v) is 6.60. The van der Waals surface area contributed by atoms with Crippen molar-refractivity contribution in [3.05, 3.63) is 71.3 Å². The highest BCUT2D eigenvalue weighted by Gasteiger charge is 2.19. The van der Waals surface area contributed by atoms with Gasteiger partial charge in [0.2, 0.25) is 0 Å². The number of pyridine rings is 2. The second-order valence-electron chi connectivity index (χ2n) is 9.07. The third kappa shape index (κ3) is 5.19. The smallest absolute Gasteiger partial charge is 0.255 e. The largest absolute Gasteiger partial charge is 0.496 e. The van der Waals surface area contributed by atoms with Gasteiger partial charge in [-0.05, 0) is 30.5 Å². The number of hydrogen-bond acceptors (Lipinski definition) is 8. The lowest BCUT2D eigenvalue weighted by Gasteiger charge is -2.16. The van der Waals surface area contributed by atoms with Gasteiger partial charge < -0.3 is 25.4 Å². The predicted octanol–water partition coefficient (Wildman–Crippen LogP) is 3.14. The molecule has 37 heavy (non-hydrogen) atoms. The lowest BCUT2D eigenvalue weighted by Crippen LogP contribution is -2.24. The minimum atomic E-state index is -0.239. The molecule has 1 aromatic carbocycles. The Hall–Kier alpha value is -4.18. The van der Waals surface area contributed by atoms with Crippen molar-refractivity contribution in [3.63, 3.8) is 0 Å². The molecule has 4 aromatic rings. The zero-order chi connectivity index (χ0) is 25.8. The number of anilines is 2. The Labute approximate surface area is 215 Å². The number of carbonyl (C=O) groups is 1. The molecule has 1 saturated heterocycles. The summed E-state index contributed by atoms with van der Waals surface area (Å²) in [5.41, 5.74) is 8.89. The van der Waals surface area contributed by atoms with E-state index in [-0.39, 0.29) is 19.1 Å². The molecule has 3 N–H and O–H groups in total. The molecule has 0 saturated carbocycles. The number of nitrogen functional groups attached to an aromatic ring is 1. The van der Waals surface area contributed by atoms with Crippen LogP contribution in [0.15, 0.2) is 48.9 Å². The van der Waals surface area contributed by atoms with Crippen LogP contribution in [-0.2, 0) is 24.4 Å². The third-order valence-electron chi connectivity index (χ3n) is 6.60. The van der Waals surface area contributed by atoms with Crippen molar-refractivity contribution >= 4 is 28.3 Å². The Morgan fingerprint density at radius 2 is 1.92 bits per heavy atom. The molecule has 192 valence electrons. The van der Waals surface area contributed by atoms with Crippen molar-refractivity contribution in [2.75, 3.05) is 37.9 Å². The first-order chi connectivity index (χ1) is 18.1. The van der Waals surface area contributed by atoms with Gasteiger partial charge in [-0.25, -0.2) is 9.97 Å². The quantitative estimate of drug-likeness (QED) is 0.359. The fourth-order valence-corrected chi connectivity index (χ4v) is 4.75. The Kier molecular flexibility index (Phi) is 7.18. The van der Waals surface area contributed by atoms with Gasteiger partial charge in [-0.15, -0.1) is 0 Å². The number of methoxy groups -OCH3 is 2. The van der Waals surface area contributed by atoms with Gasteiger partial charge in [0.15, 0.2) is 0 Å². The summed E-state index contributed by atoms with van der Waals surface area (Å²) >= 11 is 0. The highest BCUT2D eigenvalue weighted by Crippen LogP contribution is 2.31. The molecule has 10 nitrogen and oxygen atoms in total. The number of nitrogens with two attached hydrogens (primary N) is 1. The van der Waals surface area contributed by atoms with Gasteiger partial charge in [0, 0.05) is 61.7 Å². The van der Waals surface area contributed by atoms with Crippen LogP contribution < -0.4 is 20.7 Å². The van der Waals surface area contributed by atoms with Crippen molar-refractivity contribution in [2.24, 2.45) is 0 Å². The van der Waals surface area contributed by atoms with Crippen LogP contribution in [0.5, 0.6) is 5.75 Å². The maximum Gasteiger partial charge on any atom is 0.255 e. The Balaban J connectivity index is 1.31. The van der Waals surface area contributed by atoms with E-state index in [1.807, 2.05) is 24.4 Å². The summed E-state index contributed by atoms with van der Waals surface area (Å²) in [4.78, 5) is 24.2. The highest BCUT2D eigenvalue weighted by atomic mass is 16.5. The molecule has 4 heterocycles. The van der Waals surface area contributed by atoms with Crippen molar-refractivity contribution < 1.29 is 14.3 Å². The van der Waals surface area contributed by atoms with Gasteiger partial charge in [-0.3, -0.25) is 9.48 Å². The molecular weight excluding hydrogens is 470 g/mol. The number of aromatic nitrogens is 4. The minimum absolute atomic E-state index is 0.230. The van der Waals surface area contributed by atoms with Crippen LogP contribution in [0.25, 0.3) is 10.8 Å². The number of carbonyl (C=O) groups excluding carboxylic acids is 1. The first-order valence-corrected chi connectivity index (χ1v) is 12.3. The number of ether oxygens (including phenoxy) is 2. The average Bonchev–Trinajstić information content (AvgIpc) is 3.58. The standard InChI is InChI=1S/C27H31N7O3/c1-36-17-23-22(16-34(32-23)15-18-5-8-24(30-13-18)33-11-3-4-12-33)27(35)31-14-19-6-7-21-20(25(19)37-2)9-10-29-26(21)28/h5-10,13,16H,3-4,11-12,14-15,17H2,1-2H3,(H2,28,29)(H,31,35). The van der Waals surface area contributed by atoms with Crippen LogP contribution in [-0.4, -0.2) is 53.0 Å². The van der Waals surface area contributed by atoms with Gasteiger partial charge in [0.05, 0.1) is 25.8 Å². The van der Waals surface area contributed by atoms with Crippen molar-refractivity contribution in [1.29, 1.82) is 0 Å². The molecule has 0 spiro atoms. The fourth-order valence-electron chi connectivity index (χ4n) is 4.75. The topological polar surface area (TPSA) is 120 Å². The zero-order valence-corrected chi connectivity index (χ0v) is 21.1. The van der Waals surface area contributed by atoms with Crippen LogP contribution >= 0.6 is 0 Å². The average molecular weight is 502 g/mol. The molecule has 1 fully saturated rings. The van der Waals surface area contributed by atoms with Crippen LogP contribution in [0.1, 0.15) is 40.0 Å². The maximum absolute atomic E-state index is 13.2. The molecule has 1 amide bonds. The number of benzene rings is 1. The summed E-state index contributed by atoms with van der Waals surface area (Å²) in [5, 5.41) is 9.25. The second-order valence-corrected chi connectivity index (χ2v) is 9.07. The zero-order valence-electron chi connectivity index (χ0n) is 21.1. The Morgan fingerprint density at radius 3 is 2.65 bits per heavy atom. The normalized spacial score (nSPS) is 13.3. The molecule has 0 radical (unpaired) electrons. The molecule has 10 heteroatoms. The van der Waals surface area contributed by atoms with Crippen LogP contribution in [0.2, 0.25) is 0 Å². The molecule has 1 aliphatic rings. The summed E-state index contributed by atoms with van der Waals surface area (Å²) < 4.78 is 12.7. The summed E-state index contributed by atoms with van der Waals surface area (Å²) in [6, 6.07) is 9.74. The summed E-state index contributed by atoms with van der Waals surface area (Å²) in [6.07, 6.45) is 7.69. The van der Waals surface area contributed by atoms with E-state index in [0.717, 1.165) is 40.8 Å². The second kappa shape index (κ2) is 10.8. The van der Waals surface area contributed by atoms with E-state index < -0.39 is 0 Å². The summed E-state index contributed by atoms with van der Waals surface area (Å²) in [5.74, 6) is 1.86. The molecule has 3 aromatic heterocycles. The Bertz CT molecular complexity index is 1400. The number of rotatable bonds is 9. The number of nitrogens with one attached hydrogen (secondary N) is 1. The molecule has 5 rings (SSSR count). The monoisotopic (exact) mass is 501 g/mol. The lowest BCUT2D eigenvalue weighted by molar-refractivity contribution is 0.0945. The molecular formula is C27H31N7O3. The van der Waals surface area contributed by atoms with Gasteiger partial charge in [-0.2, -0.15) is 5.10 Å². The van der Waals surface area contributed by atoms with Crippen molar-refractivity contribution in [2.45, 2.75) is 32.5 Å². The van der Waals surface area contributed by atoms with Crippen molar-refractivity contribution in [1.82, 2.24) is 25.1 Å². The molecule has 0 atom stereocenters. The van der Waals surface area contributed by atoms with Gasteiger partial charge in [0.25, 0.3) is 5.91 Å². The number of fused-ring (bicyclic) bond motifs is 1. The predicted molar refractivity (Wildman–Crippen MR) is 142 cm³/mol. The Morgan fingerprint density at radius 1 is 1.08 bits per heavy atom. The molecule has 0 bridgehead atoms. The van der Waals surface area contributed by atoms with E-state index in [0.29, 0.717) is 29.4 Å². The van der Waals surface area contributed by atoms with Crippen LogP contribution in [0, 0.1) is 0 Å². The summed E-state index contributed by atoms with van der Waals surface area (Å²) in [6.45, 7) is 3.12. The minimum Gasteiger partial charge on any atom is -0.496 e. The van der Waals surface area contributed by atoms with Gasteiger partial charge in [-0.1, -0.05) is 18.2 Å². The van der Waals surface area contributed by atoms with Crippen LogP contribution in [0.4, 0.5) is 11.6 Å². The number of amides is 1. The lowest BCUT2D eigenvalue weighted by atomic mass is 10.1. The summed E-state index contributed by atoms with van der Waals surface area (Å²) in [7, 11) is 3.19. The van der Waals surface area contributed by atoms with Gasteiger partial charge >= 0.3 is 0 Å². The van der Waals surface area contributed by atoms with E-state index in [1.165, 1.54) is 12.8 Å². The highest BCUT2D eigenvalue weighted by molar-refractivity contribution is 5.97. The molecule has 0 unspecified atom stereocenters. The van der Waals surface area contributed by atoms with E-state index in [4.69, 9.17) is 15.2 Å². The van der Waals surface area contributed by atoms with Gasteiger partial charge in [0.1, 0.15) is 23.1 Å². The first-order valence-electron chi connectivity index (χ1n) is 12.3. The number of hydrogen-bond donors (Lipinski definition) is 2. The number of nitrogens with zero attached hydrogens (tertiary/aromatic N) is 5. The first kappa shape index (κ1) is 24.5. The molecule has 1 aliphatic heterocycles. The van der Waals surface area contributed by atoms with E-state index in [9.17, 15) is 4.79 Å². The molecule has 0 aliphatic carbocycles. The van der Waals surface area contributed by atoms with E-state index in [1.54, 1.807) is 31.3 Å². The SMILES string of the molecule is COCc1nn(Cc2ccc(N3CCCC3)nc2)cc1C(=O)NCc1ccc2c(N)nccc2c1OC. The fraction of sp³-hybridized carbons (Fsp3) is 0.333. The maximum atomic E-state index is 13.2. The van der Waals surface area contributed by atoms with E-state index >= 15 is 0 Å².